The summed E-state index contributed by atoms with van der Waals surface area (Å²) in [6, 6.07) is 3.81. The van der Waals surface area contributed by atoms with E-state index in [9.17, 15) is 4.79 Å². The van der Waals surface area contributed by atoms with Crippen molar-refractivity contribution in [3.63, 3.8) is 0 Å². The molecule has 0 unspecified atom stereocenters. The van der Waals surface area contributed by atoms with Crippen LogP contribution in [0.15, 0.2) is 12.1 Å². The number of ether oxygens (including phenoxy) is 2. The van der Waals surface area contributed by atoms with Gasteiger partial charge < -0.3 is 20.1 Å². The van der Waals surface area contributed by atoms with Gasteiger partial charge in [-0.3, -0.25) is 4.79 Å². The van der Waals surface area contributed by atoms with Crippen LogP contribution in [-0.4, -0.2) is 32.2 Å². The Balaban J connectivity index is 1.88. The van der Waals surface area contributed by atoms with Gasteiger partial charge in [0.25, 0.3) is 0 Å². The molecule has 1 aliphatic rings. The summed E-state index contributed by atoms with van der Waals surface area (Å²) in [6.07, 6.45) is 1.32. The van der Waals surface area contributed by atoms with Crippen LogP contribution in [0.2, 0.25) is 5.02 Å². The van der Waals surface area contributed by atoms with E-state index in [2.05, 4.69) is 10.6 Å². The predicted molar refractivity (Wildman–Crippen MR) is 82.1 cm³/mol. The van der Waals surface area contributed by atoms with E-state index in [-0.39, 0.29) is 5.91 Å². The lowest BCUT2D eigenvalue weighted by Gasteiger charge is -2.12. The van der Waals surface area contributed by atoms with Gasteiger partial charge in [-0.05, 0) is 24.6 Å². The number of hydrogen-bond donors (Lipinski definition) is 2. The molecule has 0 fully saturated rings. The van der Waals surface area contributed by atoms with Gasteiger partial charge in [-0.15, -0.1) is 0 Å². The summed E-state index contributed by atoms with van der Waals surface area (Å²) in [5.41, 5.74) is 1.01. The highest BCUT2D eigenvalue weighted by Crippen LogP contribution is 2.37. The summed E-state index contributed by atoms with van der Waals surface area (Å²) in [7, 11) is 0. The molecular weight excluding hydrogens is 292 g/mol. The van der Waals surface area contributed by atoms with Crippen molar-refractivity contribution in [2.75, 3.05) is 26.3 Å². The van der Waals surface area contributed by atoms with Crippen LogP contribution >= 0.6 is 11.6 Å². The van der Waals surface area contributed by atoms with Gasteiger partial charge in [-0.1, -0.05) is 11.6 Å². The number of carbonyl (C=O) groups is 1. The number of hydrogen-bond acceptors (Lipinski definition) is 4. The van der Waals surface area contributed by atoms with Crippen molar-refractivity contribution in [1.29, 1.82) is 0 Å². The second kappa shape index (κ2) is 8.10. The molecule has 2 rings (SSSR count). The lowest BCUT2D eigenvalue weighted by Crippen LogP contribution is -2.27. The van der Waals surface area contributed by atoms with Crippen LogP contribution in [0.25, 0.3) is 0 Å². The zero-order valence-corrected chi connectivity index (χ0v) is 13.0. The van der Waals surface area contributed by atoms with Crippen LogP contribution in [0, 0.1) is 0 Å². The van der Waals surface area contributed by atoms with E-state index in [1.165, 1.54) is 0 Å². The molecule has 21 heavy (non-hydrogen) atoms. The van der Waals surface area contributed by atoms with Crippen molar-refractivity contribution >= 4 is 17.5 Å². The molecule has 0 spiro atoms. The van der Waals surface area contributed by atoms with Crippen molar-refractivity contribution in [2.45, 2.75) is 26.3 Å². The molecule has 0 atom stereocenters. The maximum atomic E-state index is 11.3. The van der Waals surface area contributed by atoms with Gasteiger partial charge in [-0.25, -0.2) is 0 Å². The van der Waals surface area contributed by atoms with Crippen LogP contribution in [0.3, 0.4) is 0 Å². The highest BCUT2D eigenvalue weighted by molar-refractivity contribution is 6.32. The first kappa shape index (κ1) is 15.9. The first-order chi connectivity index (χ1) is 10.2. The molecule has 5 nitrogen and oxygen atoms in total. The van der Waals surface area contributed by atoms with Gasteiger partial charge in [0.05, 0.1) is 18.2 Å². The van der Waals surface area contributed by atoms with Crippen LogP contribution in [0.4, 0.5) is 0 Å². The summed E-state index contributed by atoms with van der Waals surface area (Å²) in [5.74, 6) is 1.38. The van der Waals surface area contributed by atoms with E-state index in [0.717, 1.165) is 12.0 Å². The maximum Gasteiger partial charge on any atom is 0.221 e. The first-order valence-corrected chi connectivity index (χ1v) is 7.64. The van der Waals surface area contributed by atoms with Gasteiger partial charge in [0, 0.05) is 32.5 Å². The van der Waals surface area contributed by atoms with E-state index in [4.69, 9.17) is 21.1 Å². The molecule has 1 aliphatic heterocycles. The summed E-state index contributed by atoms with van der Waals surface area (Å²) in [4.78, 5) is 11.3. The van der Waals surface area contributed by atoms with Crippen molar-refractivity contribution in [1.82, 2.24) is 10.6 Å². The molecule has 0 aliphatic carbocycles. The SMILES string of the molecule is CCNC(=O)CCNCc1cc(Cl)c2c(c1)OCCCO2. The van der Waals surface area contributed by atoms with E-state index in [0.29, 0.717) is 55.8 Å². The molecule has 1 heterocycles. The number of amides is 1. The summed E-state index contributed by atoms with van der Waals surface area (Å²) in [6.45, 7) is 5.09. The first-order valence-electron chi connectivity index (χ1n) is 7.26. The number of halogens is 1. The minimum Gasteiger partial charge on any atom is -0.489 e. The Morgan fingerprint density at radius 3 is 2.95 bits per heavy atom. The number of rotatable bonds is 6. The Bertz CT molecular complexity index is 494. The monoisotopic (exact) mass is 312 g/mol. The van der Waals surface area contributed by atoms with E-state index in [1.807, 2.05) is 19.1 Å². The van der Waals surface area contributed by atoms with Crippen LogP contribution in [-0.2, 0) is 11.3 Å². The Morgan fingerprint density at radius 2 is 2.14 bits per heavy atom. The lowest BCUT2D eigenvalue weighted by molar-refractivity contribution is -0.120. The highest BCUT2D eigenvalue weighted by atomic mass is 35.5. The lowest BCUT2D eigenvalue weighted by atomic mass is 10.2. The Labute approximate surface area is 130 Å². The number of nitrogens with one attached hydrogen (secondary N) is 2. The van der Waals surface area contributed by atoms with E-state index in [1.54, 1.807) is 0 Å². The van der Waals surface area contributed by atoms with E-state index >= 15 is 0 Å². The van der Waals surface area contributed by atoms with Gasteiger partial charge in [0.15, 0.2) is 11.5 Å². The summed E-state index contributed by atoms with van der Waals surface area (Å²) >= 11 is 6.23. The second-order valence-corrected chi connectivity index (χ2v) is 5.24. The minimum absolute atomic E-state index is 0.0571. The Morgan fingerprint density at radius 1 is 1.33 bits per heavy atom. The Kier molecular flexibility index (Phi) is 6.14. The third kappa shape index (κ3) is 4.79. The van der Waals surface area contributed by atoms with Crippen LogP contribution in [0.1, 0.15) is 25.3 Å². The standard InChI is InChI=1S/C15H21ClN2O3/c1-2-18-14(19)4-5-17-10-11-8-12(16)15-13(9-11)20-6-3-7-21-15/h8-9,17H,2-7,10H2,1H3,(H,18,19). The molecule has 1 amide bonds. The Hall–Kier alpha value is -1.46. The molecule has 1 aromatic carbocycles. The number of carbonyl (C=O) groups excluding carboxylic acids is 1. The second-order valence-electron chi connectivity index (χ2n) is 4.84. The molecule has 0 aromatic heterocycles. The number of benzene rings is 1. The minimum atomic E-state index is 0.0571. The molecule has 0 radical (unpaired) electrons. The maximum absolute atomic E-state index is 11.3. The summed E-state index contributed by atoms with van der Waals surface area (Å²) in [5, 5.41) is 6.55. The third-order valence-electron chi connectivity index (χ3n) is 3.09. The quantitative estimate of drug-likeness (QED) is 0.790. The molecule has 0 saturated heterocycles. The average Bonchev–Trinajstić information content (AvgIpc) is 2.70. The molecular formula is C15H21ClN2O3. The normalized spacial score (nSPS) is 13.6. The largest absolute Gasteiger partial charge is 0.489 e. The van der Waals surface area contributed by atoms with Gasteiger partial charge in [-0.2, -0.15) is 0 Å². The van der Waals surface area contributed by atoms with Crippen LogP contribution < -0.4 is 20.1 Å². The fourth-order valence-electron chi connectivity index (χ4n) is 2.11. The molecule has 0 bridgehead atoms. The predicted octanol–water partition coefficient (Wildman–Crippen LogP) is 2.12. The van der Waals surface area contributed by atoms with Gasteiger partial charge in [0.2, 0.25) is 5.91 Å². The molecule has 1 aromatic rings. The average molecular weight is 313 g/mol. The fourth-order valence-corrected chi connectivity index (χ4v) is 2.39. The third-order valence-corrected chi connectivity index (χ3v) is 3.37. The summed E-state index contributed by atoms with van der Waals surface area (Å²) < 4.78 is 11.2. The van der Waals surface area contributed by atoms with Gasteiger partial charge >= 0.3 is 0 Å². The highest BCUT2D eigenvalue weighted by Gasteiger charge is 2.15. The van der Waals surface area contributed by atoms with Crippen molar-refractivity contribution < 1.29 is 14.3 Å². The molecule has 2 N–H and O–H groups in total. The van der Waals surface area contributed by atoms with Gasteiger partial charge in [0.1, 0.15) is 0 Å². The van der Waals surface area contributed by atoms with Crippen molar-refractivity contribution in [3.05, 3.63) is 22.7 Å². The smallest absolute Gasteiger partial charge is 0.221 e. The zero-order valence-electron chi connectivity index (χ0n) is 12.2. The topological polar surface area (TPSA) is 59.6 Å². The van der Waals surface area contributed by atoms with E-state index < -0.39 is 0 Å². The fraction of sp³-hybridized carbons (Fsp3) is 0.533. The zero-order chi connectivity index (χ0) is 15.1. The molecule has 6 heteroatoms. The van der Waals surface area contributed by atoms with Crippen molar-refractivity contribution in [3.8, 4) is 11.5 Å². The van der Waals surface area contributed by atoms with Crippen LogP contribution in [0.5, 0.6) is 11.5 Å². The van der Waals surface area contributed by atoms with Crippen molar-refractivity contribution in [2.24, 2.45) is 0 Å². The molecule has 0 saturated carbocycles. The molecule has 116 valence electrons. The number of fused-ring (bicyclic) bond motifs is 1.